The molecule has 1 atom stereocenters. The monoisotopic (exact) mass is 258 g/mol. The minimum Gasteiger partial charge on any atom is -0.481 e. The summed E-state index contributed by atoms with van der Waals surface area (Å²) in [5.41, 5.74) is -0.750. The van der Waals surface area contributed by atoms with E-state index in [1.165, 1.54) is 0 Å². The van der Waals surface area contributed by atoms with Crippen molar-refractivity contribution >= 4 is 12.0 Å². The zero-order valence-corrected chi connectivity index (χ0v) is 11.0. The molecule has 1 unspecified atom stereocenters. The van der Waals surface area contributed by atoms with Crippen molar-refractivity contribution in [2.75, 3.05) is 13.2 Å². The predicted molar refractivity (Wildman–Crippen MR) is 66.5 cm³/mol. The molecule has 1 fully saturated rings. The second-order valence-electron chi connectivity index (χ2n) is 5.26. The molecule has 6 nitrogen and oxygen atoms in total. The van der Waals surface area contributed by atoms with Gasteiger partial charge in [0.25, 0.3) is 0 Å². The lowest BCUT2D eigenvalue weighted by Gasteiger charge is -2.24. The smallest absolute Gasteiger partial charge is 0.315 e. The molecule has 2 amide bonds. The molecular weight excluding hydrogens is 236 g/mol. The van der Waals surface area contributed by atoms with Gasteiger partial charge in [-0.15, -0.1) is 0 Å². The van der Waals surface area contributed by atoms with E-state index < -0.39 is 11.5 Å². The zero-order chi connectivity index (χ0) is 13.6. The summed E-state index contributed by atoms with van der Waals surface area (Å²) in [4.78, 5) is 22.2. The van der Waals surface area contributed by atoms with Crippen molar-refractivity contribution in [3.63, 3.8) is 0 Å². The van der Waals surface area contributed by atoms with Crippen LogP contribution in [-0.2, 0) is 9.53 Å². The van der Waals surface area contributed by atoms with Gasteiger partial charge in [0.05, 0.1) is 12.5 Å². The van der Waals surface area contributed by atoms with E-state index in [-0.39, 0.29) is 18.6 Å². The predicted octanol–water partition coefficient (Wildman–Crippen LogP) is 1.11. The summed E-state index contributed by atoms with van der Waals surface area (Å²) in [6.07, 6.45) is 3.08. The number of hydrogen-bond donors (Lipinski definition) is 3. The highest BCUT2D eigenvalue weighted by molar-refractivity contribution is 5.76. The van der Waals surface area contributed by atoms with Gasteiger partial charge in [0.15, 0.2) is 0 Å². The maximum atomic E-state index is 11.6. The third-order valence-electron chi connectivity index (χ3n) is 2.82. The number of nitrogens with one attached hydrogen (secondary N) is 2. The fourth-order valence-electron chi connectivity index (χ4n) is 1.99. The Kier molecular flexibility index (Phi) is 5.40. The maximum Gasteiger partial charge on any atom is 0.315 e. The van der Waals surface area contributed by atoms with Gasteiger partial charge in [0.2, 0.25) is 0 Å². The first kappa shape index (κ1) is 14.8. The van der Waals surface area contributed by atoms with Crippen LogP contribution in [0.15, 0.2) is 0 Å². The number of carboxylic acids is 1. The van der Waals surface area contributed by atoms with Gasteiger partial charge < -0.3 is 20.5 Å². The van der Waals surface area contributed by atoms with Crippen molar-refractivity contribution in [2.45, 2.75) is 51.2 Å². The van der Waals surface area contributed by atoms with Crippen LogP contribution >= 0.6 is 0 Å². The van der Waals surface area contributed by atoms with Crippen LogP contribution < -0.4 is 10.6 Å². The number of carbonyl (C=O) groups excluding carboxylic acids is 1. The molecule has 0 spiro atoms. The summed E-state index contributed by atoms with van der Waals surface area (Å²) in [5.74, 6) is -0.931. The Labute approximate surface area is 107 Å². The third kappa shape index (κ3) is 5.86. The minimum atomic E-state index is -0.931. The van der Waals surface area contributed by atoms with Gasteiger partial charge in [0.1, 0.15) is 0 Å². The van der Waals surface area contributed by atoms with Crippen molar-refractivity contribution in [1.29, 1.82) is 0 Å². The Morgan fingerprint density at radius 2 is 2.17 bits per heavy atom. The molecular formula is C12H22N2O4. The fraction of sp³-hybridized carbons (Fsp3) is 0.833. The number of carboxylic acid groups (broad SMARTS) is 1. The second-order valence-corrected chi connectivity index (χ2v) is 5.26. The molecule has 1 rings (SSSR count). The molecule has 0 aliphatic carbocycles. The van der Waals surface area contributed by atoms with E-state index in [1.54, 1.807) is 13.8 Å². The van der Waals surface area contributed by atoms with Crippen LogP contribution in [0.2, 0.25) is 0 Å². The van der Waals surface area contributed by atoms with Crippen LogP contribution in [-0.4, -0.2) is 41.9 Å². The quantitative estimate of drug-likeness (QED) is 0.666. The number of carbonyl (C=O) groups is 2. The largest absolute Gasteiger partial charge is 0.481 e. The maximum absolute atomic E-state index is 11.6. The molecule has 0 aromatic heterocycles. The van der Waals surface area contributed by atoms with Gasteiger partial charge in [-0.3, -0.25) is 4.79 Å². The summed E-state index contributed by atoms with van der Waals surface area (Å²) in [7, 11) is 0. The van der Waals surface area contributed by atoms with Crippen molar-refractivity contribution < 1.29 is 19.4 Å². The molecule has 1 aliphatic heterocycles. The van der Waals surface area contributed by atoms with Crippen LogP contribution in [0.25, 0.3) is 0 Å². The summed E-state index contributed by atoms with van der Waals surface area (Å²) >= 11 is 0. The number of rotatable bonds is 6. The van der Waals surface area contributed by atoms with E-state index in [0.29, 0.717) is 6.54 Å². The Balaban J connectivity index is 2.17. The Hall–Kier alpha value is -1.30. The SMILES string of the molecule is CC(C)(CC(=O)O)NC(=O)NCCC1CCCO1. The van der Waals surface area contributed by atoms with Gasteiger partial charge in [-0.1, -0.05) is 0 Å². The van der Waals surface area contributed by atoms with E-state index in [4.69, 9.17) is 9.84 Å². The molecule has 18 heavy (non-hydrogen) atoms. The number of aliphatic carboxylic acids is 1. The van der Waals surface area contributed by atoms with Crippen LogP contribution in [0.5, 0.6) is 0 Å². The van der Waals surface area contributed by atoms with Crippen molar-refractivity contribution in [3.8, 4) is 0 Å². The van der Waals surface area contributed by atoms with E-state index in [1.807, 2.05) is 0 Å². The van der Waals surface area contributed by atoms with E-state index in [0.717, 1.165) is 25.9 Å². The standard InChI is InChI=1S/C12H22N2O4/c1-12(2,8-10(15)16)14-11(17)13-6-5-9-4-3-7-18-9/h9H,3-8H2,1-2H3,(H,15,16)(H2,13,14,17). The average molecular weight is 258 g/mol. The third-order valence-corrected chi connectivity index (χ3v) is 2.82. The summed E-state index contributed by atoms with van der Waals surface area (Å²) < 4.78 is 5.44. The normalized spacial score (nSPS) is 19.6. The van der Waals surface area contributed by atoms with E-state index in [2.05, 4.69) is 10.6 Å². The summed E-state index contributed by atoms with van der Waals surface area (Å²) in [6, 6.07) is -0.334. The highest BCUT2D eigenvalue weighted by Gasteiger charge is 2.23. The van der Waals surface area contributed by atoms with Crippen molar-refractivity contribution in [1.82, 2.24) is 10.6 Å². The lowest BCUT2D eigenvalue weighted by Crippen LogP contribution is -2.49. The fourth-order valence-corrected chi connectivity index (χ4v) is 1.99. The highest BCUT2D eigenvalue weighted by Crippen LogP contribution is 2.14. The first-order valence-electron chi connectivity index (χ1n) is 6.28. The lowest BCUT2D eigenvalue weighted by molar-refractivity contribution is -0.138. The van der Waals surface area contributed by atoms with Crippen molar-refractivity contribution in [2.24, 2.45) is 0 Å². The summed E-state index contributed by atoms with van der Waals surface area (Å²) in [5, 5.41) is 14.1. The van der Waals surface area contributed by atoms with Gasteiger partial charge >= 0.3 is 12.0 Å². The molecule has 1 saturated heterocycles. The highest BCUT2D eigenvalue weighted by atomic mass is 16.5. The Morgan fingerprint density at radius 3 is 2.72 bits per heavy atom. The Bertz CT molecular complexity index is 298. The first-order chi connectivity index (χ1) is 8.39. The molecule has 6 heteroatoms. The minimum absolute atomic E-state index is 0.105. The number of hydrogen-bond acceptors (Lipinski definition) is 3. The van der Waals surface area contributed by atoms with E-state index in [9.17, 15) is 9.59 Å². The van der Waals surface area contributed by atoms with Gasteiger partial charge in [-0.25, -0.2) is 4.79 Å². The zero-order valence-electron chi connectivity index (χ0n) is 11.0. The molecule has 0 aromatic carbocycles. The molecule has 0 saturated carbocycles. The lowest BCUT2D eigenvalue weighted by atomic mass is 10.0. The average Bonchev–Trinajstić information content (AvgIpc) is 2.66. The van der Waals surface area contributed by atoms with Crippen LogP contribution in [0.1, 0.15) is 39.5 Å². The van der Waals surface area contributed by atoms with E-state index >= 15 is 0 Å². The molecule has 1 aliphatic rings. The first-order valence-corrected chi connectivity index (χ1v) is 6.28. The molecule has 0 aromatic rings. The van der Waals surface area contributed by atoms with Gasteiger partial charge in [-0.2, -0.15) is 0 Å². The van der Waals surface area contributed by atoms with Gasteiger partial charge in [0, 0.05) is 18.7 Å². The Morgan fingerprint density at radius 1 is 1.44 bits per heavy atom. The summed E-state index contributed by atoms with van der Waals surface area (Å²) in [6.45, 7) is 4.71. The molecule has 1 heterocycles. The molecule has 0 bridgehead atoms. The number of urea groups is 1. The van der Waals surface area contributed by atoms with Crippen LogP contribution in [0.4, 0.5) is 4.79 Å². The molecule has 0 radical (unpaired) electrons. The molecule has 3 N–H and O–H groups in total. The topological polar surface area (TPSA) is 87.7 Å². The van der Waals surface area contributed by atoms with Crippen molar-refractivity contribution in [3.05, 3.63) is 0 Å². The van der Waals surface area contributed by atoms with Crippen LogP contribution in [0, 0.1) is 0 Å². The number of ether oxygens (including phenoxy) is 1. The number of amides is 2. The van der Waals surface area contributed by atoms with Gasteiger partial charge in [-0.05, 0) is 33.1 Å². The molecule has 104 valence electrons. The van der Waals surface area contributed by atoms with Crippen LogP contribution in [0.3, 0.4) is 0 Å². The second kappa shape index (κ2) is 6.58.